The number of carbonyl (C=O) groups is 1. The van der Waals surface area contributed by atoms with Gasteiger partial charge in [-0.15, -0.1) is 0 Å². The van der Waals surface area contributed by atoms with Crippen LogP contribution in [0.5, 0.6) is 0 Å². The number of nitrogens with zero attached hydrogens (tertiary/aromatic N) is 1. The summed E-state index contributed by atoms with van der Waals surface area (Å²) in [5, 5.41) is 18.1. The number of anilines is 1. The van der Waals surface area contributed by atoms with Gasteiger partial charge in [0, 0.05) is 12.2 Å². The molecule has 0 bridgehead atoms. The Balaban J connectivity index is 1.40. The first kappa shape index (κ1) is 19.9. The summed E-state index contributed by atoms with van der Waals surface area (Å²) in [6, 6.07) is 19.5. The lowest BCUT2D eigenvalue weighted by Crippen LogP contribution is -2.38. The monoisotopic (exact) mass is 376 g/mol. The number of nitriles is 1. The second-order valence-electron chi connectivity index (χ2n) is 7.42. The molecule has 1 unspecified atom stereocenters. The van der Waals surface area contributed by atoms with E-state index < -0.39 is 0 Å². The zero-order chi connectivity index (χ0) is 19.6. The second-order valence-corrected chi connectivity index (χ2v) is 7.42. The molecule has 1 saturated heterocycles. The van der Waals surface area contributed by atoms with Gasteiger partial charge in [0.05, 0.1) is 11.6 Å². The Bertz CT molecular complexity index is 800. The fourth-order valence-corrected chi connectivity index (χ4v) is 3.91. The summed E-state index contributed by atoms with van der Waals surface area (Å²) in [6.07, 6.45) is 4.41. The lowest BCUT2D eigenvalue weighted by atomic mass is 9.79. The normalized spacial score (nSPS) is 18.8. The molecule has 2 aromatic rings. The molecule has 5 nitrogen and oxygen atoms in total. The summed E-state index contributed by atoms with van der Waals surface area (Å²) in [6.45, 7) is 2.80. The molecular formula is C23H28N4O. The molecule has 1 heterocycles. The van der Waals surface area contributed by atoms with Gasteiger partial charge >= 0.3 is 6.03 Å². The maximum Gasteiger partial charge on any atom is 0.319 e. The molecule has 0 spiro atoms. The van der Waals surface area contributed by atoms with E-state index in [1.165, 1.54) is 12.0 Å². The van der Waals surface area contributed by atoms with Crippen LogP contribution in [0.3, 0.4) is 0 Å². The van der Waals surface area contributed by atoms with E-state index in [0.717, 1.165) is 32.4 Å². The lowest BCUT2D eigenvalue weighted by Gasteiger charge is -2.32. The van der Waals surface area contributed by atoms with Crippen LogP contribution in [0.1, 0.15) is 30.4 Å². The molecule has 1 fully saturated rings. The molecule has 146 valence electrons. The fourth-order valence-electron chi connectivity index (χ4n) is 3.91. The van der Waals surface area contributed by atoms with Crippen molar-refractivity contribution in [2.75, 3.05) is 25.0 Å². The van der Waals surface area contributed by atoms with Gasteiger partial charge in [0.2, 0.25) is 0 Å². The highest BCUT2D eigenvalue weighted by atomic mass is 16.2. The van der Waals surface area contributed by atoms with Crippen LogP contribution in [0.4, 0.5) is 10.5 Å². The predicted octanol–water partition coefficient (Wildman–Crippen LogP) is 3.93. The number of rotatable bonds is 7. The summed E-state index contributed by atoms with van der Waals surface area (Å²) < 4.78 is 0. The number of piperidine rings is 1. The first-order valence-electron chi connectivity index (χ1n) is 10.0. The van der Waals surface area contributed by atoms with Crippen molar-refractivity contribution >= 4 is 11.7 Å². The van der Waals surface area contributed by atoms with Gasteiger partial charge in [-0.25, -0.2) is 4.79 Å². The summed E-state index contributed by atoms with van der Waals surface area (Å²) in [5.41, 5.74) is 2.58. The third-order valence-corrected chi connectivity index (χ3v) is 5.39. The Morgan fingerprint density at radius 3 is 2.82 bits per heavy atom. The third-order valence-electron chi connectivity index (χ3n) is 5.39. The van der Waals surface area contributed by atoms with Crippen LogP contribution in [0, 0.1) is 23.2 Å². The van der Waals surface area contributed by atoms with Crippen molar-refractivity contribution in [2.45, 2.75) is 25.7 Å². The van der Waals surface area contributed by atoms with E-state index in [1.54, 1.807) is 24.3 Å². The van der Waals surface area contributed by atoms with Crippen LogP contribution >= 0.6 is 0 Å². The molecule has 3 rings (SSSR count). The molecular weight excluding hydrogens is 348 g/mol. The minimum absolute atomic E-state index is 0.224. The van der Waals surface area contributed by atoms with E-state index in [9.17, 15) is 4.79 Å². The van der Waals surface area contributed by atoms with E-state index in [1.807, 2.05) is 0 Å². The molecule has 0 aromatic heterocycles. The van der Waals surface area contributed by atoms with Crippen LogP contribution in [-0.4, -0.2) is 25.7 Å². The highest BCUT2D eigenvalue weighted by molar-refractivity contribution is 5.89. The van der Waals surface area contributed by atoms with Gasteiger partial charge < -0.3 is 16.0 Å². The van der Waals surface area contributed by atoms with Crippen LogP contribution in [0.15, 0.2) is 54.6 Å². The summed E-state index contributed by atoms with van der Waals surface area (Å²) in [7, 11) is 0. The molecule has 1 aliphatic rings. The minimum atomic E-state index is -0.224. The lowest BCUT2D eigenvalue weighted by molar-refractivity contribution is 0.233. The molecule has 0 radical (unpaired) electrons. The molecule has 2 atom stereocenters. The Hall–Kier alpha value is -2.84. The highest BCUT2D eigenvalue weighted by Crippen LogP contribution is 2.27. The van der Waals surface area contributed by atoms with Gasteiger partial charge in [-0.2, -0.15) is 5.26 Å². The van der Waals surface area contributed by atoms with Crippen molar-refractivity contribution in [3.8, 4) is 6.07 Å². The summed E-state index contributed by atoms with van der Waals surface area (Å²) >= 11 is 0. The first-order chi connectivity index (χ1) is 13.7. The topological polar surface area (TPSA) is 77.0 Å². The van der Waals surface area contributed by atoms with E-state index in [4.69, 9.17) is 5.26 Å². The molecule has 0 aliphatic carbocycles. The zero-order valence-corrected chi connectivity index (χ0v) is 16.2. The van der Waals surface area contributed by atoms with Crippen molar-refractivity contribution in [2.24, 2.45) is 11.8 Å². The van der Waals surface area contributed by atoms with E-state index >= 15 is 0 Å². The van der Waals surface area contributed by atoms with Crippen LogP contribution < -0.4 is 16.0 Å². The predicted molar refractivity (Wildman–Crippen MR) is 112 cm³/mol. The summed E-state index contributed by atoms with van der Waals surface area (Å²) in [5.74, 6) is 1.34. The van der Waals surface area contributed by atoms with Crippen molar-refractivity contribution in [1.29, 1.82) is 5.26 Å². The maximum absolute atomic E-state index is 12.1. The Morgan fingerprint density at radius 1 is 1.14 bits per heavy atom. The van der Waals surface area contributed by atoms with Crippen molar-refractivity contribution in [3.63, 3.8) is 0 Å². The van der Waals surface area contributed by atoms with Gasteiger partial charge in [-0.05, 0) is 74.4 Å². The van der Waals surface area contributed by atoms with E-state index in [0.29, 0.717) is 29.6 Å². The number of urea groups is 1. The van der Waals surface area contributed by atoms with E-state index in [-0.39, 0.29) is 6.03 Å². The van der Waals surface area contributed by atoms with Gasteiger partial charge in [-0.3, -0.25) is 0 Å². The van der Waals surface area contributed by atoms with Crippen LogP contribution in [-0.2, 0) is 6.42 Å². The average molecular weight is 377 g/mol. The molecule has 0 saturated carbocycles. The third kappa shape index (κ3) is 6.11. The van der Waals surface area contributed by atoms with Gasteiger partial charge in [0.15, 0.2) is 0 Å². The zero-order valence-electron chi connectivity index (χ0n) is 16.2. The summed E-state index contributed by atoms with van der Waals surface area (Å²) in [4.78, 5) is 12.1. The average Bonchev–Trinajstić information content (AvgIpc) is 2.73. The van der Waals surface area contributed by atoms with Crippen LogP contribution in [0.25, 0.3) is 0 Å². The fraction of sp³-hybridized carbons (Fsp3) is 0.391. The number of amides is 2. The number of hydrogen-bond acceptors (Lipinski definition) is 3. The number of hydrogen-bond donors (Lipinski definition) is 3. The molecule has 5 heteroatoms. The largest absolute Gasteiger partial charge is 0.338 e. The van der Waals surface area contributed by atoms with Crippen molar-refractivity contribution in [1.82, 2.24) is 10.6 Å². The van der Waals surface area contributed by atoms with E-state index in [2.05, 4.69) is 52.4 Å². The van der Waals surface area contributed by atoms with Crippen LogP contribution in [0.2, 0.25) is 0 Å². The smallest absolute Gasteiger partial charge is 0.319 e. The SMILES string of the molecule is N#Cc1cccc(NC(=O)NCCCC2CNCC[C@H]2Cc2ccccc2)c1. The number of nitrogens with one attached hydrogen (secondary N) is 3. The number of benzene rings is 2. The Labute approximate surface area is 167 Å². The molecule has 28 heavy (non-hydrogen) atoms. The minimum Gasteiger partial charge on any atom is -0.338 e. The molecule has 1 aliphatic heterocycles. The first-order valence-corrected chi connectivity index (χ1v) is 10.0. The maximum atomic E-state index is 12.1. The Kier molecular flexibility index (Phi) is 7.45. The quantitative estimate of drug-likeness (QED) is 0.641. The van der Waals surface area contributed by atoms with Gasteiger partial charge in [0.1, 0.15) is 0 Å². The molecule has 3 N–H and O–H groups in total. The second kappa shape index (κ2) is 10.5. The standard InChI is InChI=1S/C23H28N4O/c24-16-19-8-4-10-22(15-19)27-23(28)26-12-5-9-21-17-25-13-11-20(21)14-18-6-2-1-3-7-18/h1-4,6-8,10,15,20-21,25H,5,9,11-14,17H2,(H2,26,27,28)/t20-,21?/m0/s1. The van der Waals surface area contributed by atoms with Gasteiger partial charge in [-0.1, -0.05) is 36.4 Å². The van der Waals surface area contributed by atoms with Crippen molar-refractivity contribution in [3.05, 3.63) is 65.7 Å². The highest BCUT2D eigenvalue weighted by Gasteiger charge is 2.24. The molecule has 2 amide bonds. The van der Waals surface area contributed by atoms with Gasteiger partial charge in [0.25, 0.3) is 0 Å². The molecule has 2 aromatic carbocycles. The Morgan fingerprint density at radius 2 is 2.00 bits per heavy atom. The van der Waals surface area contributed by atoms with Crippen molar-refractivity contribution < 1.29 is 4.79 Å². The number of carbonyl (C=O) groups excluding carboxylic acids is 1.